The smallest absolute Gasteiger partial charge is 0.306 e. The van der Waals surface area contributed by atoms with Crippen LogP contribution in [0.2, 0.25) is 0 Å². The van der Waals surface area contributed by atoms with Crippen LogP contribution in [0.3, 0.4) is 0 Å². The summed E-state index contributed by atoms with van der Waals surface area (Å²) in [7, 11) is 0. The lowest BCUT2D eigenvalue weighted by Gasteiger charge is -2.05. The molecule has 94 valence electrons. The molecule has 3 nitrogen and oxygen atoms in total. The lowest BCUT2D eigenvalue weighted by molar-refractivity contribution is -0.145. The summed E-state index contributed by atoms with van der Waals surface area (Å²) in [6.07, 6.45) is 2.27. The van der Waals surface area contributed by atoms with Crippen LogP contribution in [0.15, 0.2) is 47.1 Å². The first kappa shape index (κ1) is 12.4. The van der Waals surface area contributed by atoms with Crippen LogP contribution in [-0.2, 0) is 22.6 Å². The maximum absolute atomic E-state index is 13.2. The fourth-order valence-corrected chi connectivity index (χ4v) is 1.53. The van der Waals surface area contributed by atoms with Crippen molar-refractivity contribution in [3.05, 3.63) is 59.8 Å². The van der Waals surface area contributed by atoms with Gasteiger partial charge in [0, 0.05) is 12.0 Å². The number of benzene rings is 1. The molecule has 0 radical (unpaired) electrons. The van der Waals surface area contributed by atoms with Crippen molar-refractivity contribution in [2.45, 2.75) is 19.4 Å². The van der Waals surface area contributed by atoms with Crippen molar-refractivity contribution >= 4 is 5.97 Å². The molecule has 0 amide bonds. The average molecular weight is 248 g/mol. The van der Waals surface area contributed by atoms with E-state index in [1.807, 2.05) is 0 Å². The molecular formula is C14H13FO3. The normalized spacial score (nSPS) is 10.3. The van der Waals surface area contributed by atoms with E-state index in [0.717, 1.165) is 5.76 Å². The van der Waals surface area contributed by atoms with E-state index in [0.29, 0.717) is 12.0 Å². The van der Waals surface area contributed by atoms with E-state index in [1.54, 1.807) is 36.6 Å². The summed E-state index contributed by atoms with van der Waals surface area (Å²) in [4.78, 5) is 11.4. The van der Waals surface area contributed by atoms with Crippen LogP contribution in [0, 0.1) is 5.82 Å². The van der Waals surface area contributed by atoms with E-state index in [9.17, 15) is 9.18 Å². The van der Waals surface area contributed by atoms with E-state index >= 15 is 0 Å². The summed E-state index contributed by atoms with van der Waals surface area (Å²) < 4.78 is 23.3. The van der Waals surface area contributed by atoms with Gasteiger partial charge in [-0.3, -0.25) is 4.79 Å². The van der Waals surface area contributed by atoms with Gasteiger partial charge in [0.15, 0.2) is 0 Å². The second-order valence-corrected chi connectivity index (χ2v) is 3.83. The molecule has 4 heteroatoms. The second kappa shape index (κ2) is 6.00. The highest BCUT2D eigenvalue weighted by atomic mass is 19.1. The number of rotatable bonds is 5. The minimum atomic E-state index is -0.366. The molecule has 1 heterocycles. The number of carbonyl (C=O) groups excluding carboxylic acids is 1. The predicted molar refractivity (Wildman–Crippen MR) is 63.2 cm³/mol. The molecule has 0 bridgehead atoms. The number of hydrogen-bond acceptors (Lipinski definition) is 3. The van der Waals surface area contributed by atoms with Crippen LogP contribution in [0.1, 0.15) is 17.7 Å². The Balaban J connectivity index is 1.77. The molecule has 0 fully saturated rings. The van der Waals surface area contributed by atoms with Gasteiger partial charge in [-0.2, -0.15) is 0 Å². The molecule has 1 aromatic heterocycles. The van der Waals surface area contributed by atoms with Crippen molar-refractivity contribution in [2.75, 3.05) is 0 Å². The predicted octanol–water partition coefficient (Wildman–Crippen LogP) is 3.09. The van der Waals surface area contributed by atoms with Crippen LogP contribution < -0.4 is 0 Å². The molecule has 0 unspecified atom stereocenters. The van der Waals surface area contributed by atoms with Crippen molar-refractivity contribution in [1.29, 1.82) is 0 Å². The van der Waals surface area contributed by atoms with E-state index < -0.39 is 0 Å². The minimum Gasteiger partial charge on any atom is -0.469 e. The van der Waals surface area contributed by atoms with Crippen molar-refractivity contribution in [1.82, 2.24) is 0 Å². The molecule has 0 atom stereocenters. The lowest BCUT2D eigenvalue weighted by atomic mass is 10.2. The molecule has 0 N–H and O–H groups in total. The Labute approximate surface area is 104 Å². The molecule has 2 rings (SSSR count). The zero-order valence-corrected chi connectivity index (χ0v) is 9.77. The van der Waals surface area contributed by atoms with Gasteiger partial charge in [0.1, 0.15) is 18.2 Å². The van der Waals surface area contributed by atoms with Gasteiger partial charge in [-0.1, -0.05) is 18.2 Å². The molecular weight excluding hydrogens is 235 g/mol. The first-order valence-electron chi connectivity index (χ1n) is 5.67. The minimum absolute atomic E-state index is 0.0380. The van der Waals surface area contributed by atoms with Crippen molar-refractivity contribution in [2.24, 2.45) is 0 Å². The summed E-state index contributed by atoms with van der Waals surface area (Å²) in [6.45, 7) is -0.0380. The van der Waals surface area contributed by atoms with E-state index in [-0.39, 0.29) is 24.8 Å². The Morgan fingerprint density at radius 2 is 2.06 bits per heavy atom. The van der Waals surface area contributed by atoms with E-state index in [4.69, 9.17) is 9.15 Å². The standard InChI is InChI=1S/C14H13FO3/c15-13-6-2-1-4-11(13)10-18-14(16)8-7-12-5-3-9-17-12/h1-6,9H,7-8,10H2. The first-order chi connectivity index (χ1) is 8.75. The van der Waals surface area contributed by atoms with Gasteiger partial charge in [-0.25, -0.2) is 4.39 Å². The van der Waals surface area contributed by atoms with E-state index in [2.05, 4.69) is 0 Å². The van der Waals surface area contributed by atoms with Crippen LogP contribution >= 0.6 is 0 Å². The zero-order valence-electron chi connectivity index (χ0n) is 9.77. The monoisotopic (exact) mass is 248 g/mol. The molecule has 0 aliphatic rings. The average Bonchev–Trinajstić information content (AvgIpc) is 2.88. The summed E-state index contributed by atoms with van der Waals surface area (Å²) in [5.74, 6) is 0.00355. The Morgan fingerprint density at radius 1 is 1.22 bits per heavy atom. The van der Waals surface area contributed by atoms with Gasteiger partial charge < -0.3 is 9.15 Å². The van der Waals surface area contributed by atoms with Gasteiger partial charge in [0.25, 0.3) is 0 Å². The van der Waals surface area contributed by atoms with Crippen molar-refractivity contribution < 1.29 is 18.3 Å². The number of esters is 1. The number of furan rings is 1. The Kier molecular flexibility index (Phi) is 4.12. The first-order valence-corrected chi connectivity index (χ1v) is 5.67. The van der Waals surface area contributed by atoms with Crippen molar-refractivity contribution in [3.8, 4) is 0 Å². The largest absolute Gasteiger partial charge is 0.469 e. The molecule has 2 aromatic rings. The van der Waals surface area contributed by atoms with E-state index in [1.165, 1.54) is 6.07 Å². The Bertz CT molecular complexity index is 506. The Morgan fingerprint density at radius 3 is 2.78 bits per heavy atom. The number of ether oxygens (including phenoxy) is 1. The lowest BCUT2D eigenvalue weighted by Crippen LogP contribution is -2.06. The third-order valence-corrected chi connectivity index (χ3v) is 2.50. The SMILES string of the molecule is O=C(CCc1ccco1)OCc1ccccc1F. The van der Waals surface area contributed by atoms with Gasteiger partial charge >= 0.3 is 5.97 Å². The second-order valence-electron chi connectivity index (χ2n) is 3.83. The van der Waals surface area contributed by atoms with Gasteiger partial charge in [-0.05, 0) is 18.2 Å². The molecule has 1 aromatic carbocycles. The summed E-state index contributed by atoms with van der Waals surface area (Å²) in [5, 5.41) is 0. The van der Waals surface area contributed by atoms with Gasteiger partial charge in [-0.15, -0.1) is 0 Å². The Hall–Kier alpha value is -2.10. The maximum Gasteiger partial charge on any atom is 0.306 e. The summed E-state index contributed by atoms with van der Waals surface area (Å²) in [5.41, 5.74) is 0.379. The van der Waals surface area contributed by atoms with Crippen LogP contribution in [-0.4, -0.2) is 5.97 Å². The fourth-order valence-electron chi connectivity index (χ4n) is 1.53. The highest BCUT2D eigenvalue weighted by Gasteiger charge is 2.07. The van der Waals surface area contributed by atoms with Crippen LogP contribution in [0.4, 0.5) is 4.39 Å². The third kappa shape index (κ3) is 3.45. The van der Waals surface area contributed by atoms with Gasteiger partial charge in [0.2, 0.25) is 0 Å². The highest BCUT2D eigenvalue weighted by molar-refractivity contribution is 5.69. The molecule has 0 spiro atoms. The number of carbonyl (C=O) groups is 1. The molecule has 0 saturated carbocycles. The summed E-state index contributed by atoms with van der Waals surface area (Å²) in [6, 6.07) is 9.79. The topological polar surface area (TPSA) is 39.4 Å². The highest BCUT2D eigenvalue weighted by Crippen LogP contribution is 2.09. The number of halogens is 1. The maximum atomic E-state index is 13.2. The van der Waals surface area contributed by atoms with Crippen LogP contribution in [0.25, 0.3) is 0 Å². The zero-order chi connectivity index (χ0) is 12.8. The van der Waals surface area contributed by atoms with Crippen molar-refractivity contribution in [3.63, 3.8) is 0 Å². The third-order valence-electron chi connectivity index (χ3n) is 2.50. The molecule has 0 aliphatic carbocycles. The summed E-state index contributed by atoms with van der Waals surface area (Å²) >= 11 is 0. The fraction of sp³-hybridized carbons (Fsp3) is 0.214. The quantitative estimate of drug-likeness (QED) is 0.763. The number of aryl methyl sites for hydroxylation is 1. The molecule has 0 saturated heterocycles. The van der Waals surface area contributed by atoms with Gasteiger partial charge in [0.05, 0.1) is 12.7 Å². The molecule has 0 aliphatic heterocycles. The van der Waals surface area contributed by atoms with Crippen LogP contribution in [0.5, 0.6) is 0 Å². The molecule has 18 heavy (non-hydrogen) atoms. The number of hydrogen-bond donors (Lipinski definition) is 0.